The number of methoxy groups -OCH3 is 2. The molecule has 0 unspecified atom stereocenters. The largest absolute Gasteiger partial charge is 0.493 e. The van der Waals surface area contributed by atoms with Gasteiger partial charge in [-0.05, 0) is 61.9 Å². The number of H-pyrrole nitrogens is 1. The Morgan fingerprint density at radius 1 is 0.946 bits per heavy atom. The Labute approximate surface area is 213 Å². The molecule has 0 radical (unpaired) electrons. The number of aromatic amines is 1. The van der Waals surface area contributed by atoms with E-state index in [4.69, 9.17) is 20.3 Å². The van der Waals surface area contributed by atoms with Crippen LogP contribution >= 0.6 is 0 Å². The number of hydrogen-bond donors (Lipinski definition) is 4. The zero-order valence-electron chi connectivity index (χ0n) is 20.9. The standard InChI is InChI=1S/C19H22N2O4.C8H6N2O2/c1-19(2,18(20)23)13-6-8-14(9-7-13)21-17(22)12-5-10-15(24-3)16(11-12)25-4;11-8(12)7-9-5-3-1-2-4-6(5)10-7/h5-11H,1-4H3,(H2,20,23)(H,21,22);1-4H,(H,9,10)(H,11,12). The number of carbonyl (C=O) groups is 3. The number of imidazole rings is 1. The van der Waals surface area contributed by atoms with Crippen molar-refractivity contribution in [1.82, 2.24) is 9.97 Å². The number of aromatic carboxylic acids is 1. The van der Waals surface area contributed by atoms with Gasteiger partial charge in [0, 0.05) is 11.3 Å². The van der Waals surface area contributed by atoms with Gasteiger partial charge in [-0.25, -0.2) is 9.78 Å². The maximum atomic E-state index is 12.4. The number of benzene rings is 3. The lowest BCUT2D eigenvalue weighted by molar-refractivity contribution is -0.122. The lowest BCUT2D eigenvalue weighted by Gasteiger charge is -2.21. The summed E-state index contributed by atoms with van der Waals surface area (Å²) in [5.41, 5.74) is 7.91. The lowest BCUT2D eigenvalue weighted by atomic mass is 9.84. The van der Waals surface area contributed by atoms with Crippen LogP contribution in [0.25, 0.3) is 11.0 Å². The fourth-order valence-corrected chi connectivity index (χ4v) is 3.35. The predicted molar refractivity (Wildman–Crippen MR) is 139 cm³/mol. The highest BCUT2D eigenvalue weighted by atomic mass is 16.5. The van der Waals surface area contributed by atoms with Gasteiger partial charge in [-0.2, -0.15) is 0 Å². The molecule has 0 spiro atoms. The maximum absolute atomic E-state index is 12.4. The van der Waals surface area contributed by atoms with Crippen molar-refractivity contribution in [2.75, 3.05) is 19.5 Å². The molecule has 10 nitrogen and oxygen atoms in total. The van der Waals surface area contributed by atoms with Crippen molar-refractivity contribution >= 4 is 34.5 Å². The molecule has 4 rings (SSSR count). The highest BCUT2D eigenvalue weighted by Gasteiger charge is 2.27. The summed E-state index contributed by atoms with van der Waals surface area (Å²) in [5, 5.41) is 11.4. The van der Waals surface area contributed by atoms with E-state index in [1.165, 1.54) is 14.2 Å². The number of carboxylic acids is 1. The van der Waals surface area contributed by atoms with Crippen LogP contribution in [0.3, 0.4) is 0 Å². The molecule has 0 atom stereocenters. The first-order valence-electron chi connectivity index (χ1n) is 11.2. The van der Waals surface area contributed by atoms with Crippen molar-refractivity contribution in [3.05, 3.63) is 83.7 Å². The highest BCUT2D eigenvalue weighted by Crippen LogP contribution is 2.28. The number of para-hydroxylation sites is 2. The van der Waals surface area contributed by atoms with E-state index in [9.17, 15) is 14.4 Å². The Morgan fingerprint density at radius 3 is 2.16 bits per heavy atom. The number of hydrogen-bond acceptors (Lipinski definition) is 6. The average molecular weight is 505 g/mol. The summed E-state index contributed by atoms with van der Waals surface area (Å²) < 4.78 is 10.4. The summed E-state index contributed by atoms with van der Waals surface area (Å²) >= 11 is 0. The van der Waals surface area contributed by atoms with Crippen LogP contribution in [0, 0.1) is 0 Å². The molecule has 1 heterocycles. The minimum Gasteiger partial charge on any atom is -0.493 e. The number of nitrogens with two attached hydrogens (primary N) is 1. The highest BCUT2D eigenvalue weighted by molar-refractivity contribution is 6.04. The monoisotopic (exact) mass is 504 g/mol. The first-order chi connectivity index (χ1) is 17.6. The number of carbonyl (C=O) groups excluding carboxylic acids is 2. The van der Waals surface area contributed by atoms with E-state index in [2.05, 4.69) is 15.3 Å². The average Bonchev–Trinajstić information content (AvgIpc) is 3.34. The van der Waals surface area contributed by atoms with E-state index in [0.29, 0.717) is 28.3 Å². The van der Waals surface area contributed by atoms with Crippen molar-refractivity contribution in [3.8, 4) is 11.5 Å². The van der Waals surface area contributed by atoms with Gasteiger partial charge >= 0.3 is 5.97 Å². The van der Waals surface area contributed by atoms with Crippen LogP contribution in [-0.2, 0) is 10.2 Å². The van der Waals surface area contributed by atoms with E-state index in [0.717, 1.165) is 11.1 Å². The molecule has 0 aliphatic heterocycles. The van der Waals surface area contributed by atoms with E-state index in [-0.39, 0.29) is 11.7 Å². The molecule has 1 aromatic heterocycles. The Kier molecular flexibility index (Phi) is 8.13. The van der Waals surface area contributed by atoms with Gasteiger partial charge in [0.2, 0.25) is 11.7 Å². The number of amides is 2. The molecule has 4 aromatic rings. The summed E-state index contributed by atoms with van der Waals surface area (Å²) in [4.78, 5) is 40.9. The van der Waals surface area contributed by atoms with Crippen LogP contribution < -0.4 is 20.5 Å². The Morgan fingerprint density at radius 2 is 1.59 bits per heavy atom. The van der Waals surface area contributed by atoms with Gasteiger partial charge in [-0.1, -0.05) is 24.3 Å². The SMILES string of the molecule is COc1ccc(C(=O)Nc2ccc(C(C)(C)C(N)=O)cc2)cc1OC.O=C(O)c1nc2ccccc2[nH]1. The van der Waals surface area contributed by atoms with Gasteiger partial charge in [-0.3, -0.25) is 9.59 Å². The van der Waals surface area contributed by atoms with E-state index in [1.54, 1.807) is 68.4 Å². The molecule has 3 aromatic carbocycles. The van der Waals surface area contributed by atoms with Crippen LogP contribution in [-0.4, -0.2) is 47.1 Å². The zero-order valence-corrected chi connectivity index (χ0v) is 20.9. The molecule has 0 aliphatic carbocycles. The summed E-state index contributed by atoms with van der Waals surface area (Å²) in [6.07, 6.45) is 0. The second-order valence-electron chi connectivity index (χ2n) is 8.50. The molecule has 0 bridgehead atoms. The second-order valence-corrected chi connectivity index (χ2v) is 8.50. The fraction of sp³-hybridized carbons (Fsp3) is 0.185. The lowest BCUT2D eigenvalue weighted by Crippen LogP contribution is -2.35. The van der Waals surface area contributed by atoms with E-state index in [1.807, 2.05) is 12.1 Å². The van der Waals surface area contributed by atoms with Gasteiger partial charge < -0.3 is 30.6 Å². The summed E-state index contributed by atoms with van der Waals surface area (Å²) in [6.45, 7) is 3.51. The van der Waals surface area contributed by atoms with Crippen molar-refractivity contribution in [2.45, 2.75) is 19.3 Å². The quantitative estimate of drug-likeness (QED) is 0.296. The normalized spacial score (nSPS) is 10.7. The summed E-state index contributed by atoms with van der Waals surface area (Å²) in [6, 6.07) is 19.1. The van der Waals surface area contributed by atoms with Crippen LogP contribution in [0.1, 0.15) is 40.4 Å². The second kappa shape index (κ2) is 11.3. The molecular formula is C27H28N4O6. The minimum absolute atomic E-state index is 0.0174. The van der Waals surface area contributed by atoms with Crippen molar-refractivity contribution in [3.63, 3.8) is 0 Å². The van der Waals surface area contributed by atoms with Gasteiger partial charge in [0.05, 0.1) is 30.7 Å². The van der Waals surface area contributed by atoms with Crippen molar-refractivity contribution in [2.24, 2.45) is 5.73 Å². The molecule has 0 aliphatic rings. The topological polar surface area (TPSA) is 157 Å². The number of ether oxygens (including phenoxy) is 2. The third-order valence-corrected chi connectivity index (χ3v) is 5.72. The fourth-order valence-electron chi connectivity index (χ4n) is 3.35. The zero-order chi connectivity index (χ0) is 27.2. The Hall–Kier alpha value is -4.86. The molecular weight excluding hydrogens is 476 g/mol. The number of fused-ring (bicyclic) bond motifs is 1. The smallest absolute Gasteiger partial charge is 0.371 e. The molecule has 0 fully saturated rings. The van der Waals surface area contributed by atoms with Gasteiger partial charge in [0.25, 0.3) is 5.91 Å². The third kappa shape index (κ3) is 6.23. The molecule has 0 saturated heterocycles. The predicted octanol–water partition coefficient (Wildman–Crippen LogP) is 3.98. The number of aromatic nitrogens is 2. The van der Waals surface area contributed by atoms with Crippen LogP contribution in [0.5, 0.6) is 11.5 Å². The molecule has 37 heavy (non-hydrogen) atoms. The summed E-state index contributed by atoms with van der Waals surface area (Å²) in [5.74, 6) is -0.703. The Bertz CT molecular complexity index is 1390. The first kappa shape index (κ1) is 26.7. The Balaban J connectivity index is 0.000000262. The maximum Gasteiger partial charge on any atom is 0.371 e. The van der Waals surface area contributed by atoms with Crippen molar-refractivity contribution < 1.29 is 29.0 Å². The number of nitrogens with zero attached hydrogens (tertiary/aromatic N) is 1. The molecule has 10 heteroatoms. The summed E-state index contributed by atoms with van der Waals surface area (Å²) in [7, 11) is 3.05. The number of anilines is 1. The van der Waals surface area contributed by atoms with E-state index >= 15 is 0 Å². The number of rotatable bonds is 7. The first-order valence-corrected chi connectivity index (χ1v) is 11.2. The van der Waals surface area contributed by atoms with Gasteiger partial charge in [0.1, 0.15) is 0 Å². The van der Waals surface area contributed by atoms with E-state index < -0.39 is 17.3 Å². The van der Waals surface area contributed by atoms with Crippen molar-refractivity contribution in [1.29, 1.82) is 0 Å². The number of carboxylic acid groups (broad SMARTS) is 1. The molecule has 2 amide bonds. The minimum atomic E-state index is -1.04. The molecule has 5 N–H and O–H groups in total. The molecule has 0 saturated carbocycles. The number of primary amides is 1. The van der Waals surface area contributed by atoms with Crippen LogP contribution in [0.2, 0.25) is 0 Å². The molecule has 192 valence electrons. The number of nitrogens with one attached hydrogen (secondary N) is 2. The third-order valence-electron chi connectivity index (χ3n) is 5.72. The van der Waals surface area contributed by atoms with Gasteiger partial charge in [0.15, 0.2) is 11.5 Å². The van der Waals surface area contributed by atoms with Crippen LogP contribution in [0.15, 0.2) is 66.7 Å². The van der Waals surface area contributed by atoms with Gasteiger partial charge in [-0.15, -0.1) is 0 Å². The van der Waals surface area contributed by atoms with Crippen LogP contribution in [0.4, 0.5) is 5.69 Å².